The molecule has 1 atom stereocenters. The van der Waals surface area contributed by atoms with E-state index in [0.717, 1.165) is 61.4 Å². The van der Waals surface area contributed by atoms with E-state index in [4.69, 9.17) is 11.6 Å². The number of halogens is 4. The molecule has 268 valence electrons. The largest absolute Gasteiger partial charge is 0.416 e. The number of carbonyl (C=O) groups is 5. The molecule has 0 bridgehead atoms. The number of aromatic nitrogens is 2. The second-order valence-corrected chi connectivity index (χ2v) is 14.3. The van der Waals surface area contributed by atoms with Gasteiger partial charge < -0.3 is 10.2 Å². The molecule has 1 unspecified atom stereocenters. The molecule has 16 heteroatoms. The number of hydrogen-bond acceptors (Lipinski definition) is 8. The van der Waals surface area contributed by atoms with Crippen molar-refractivity contribution in [3.8, 4) is 11.8 Å². The van der Waals surface area contributed by atoms with Gasteiger partial charge in [-0.25, -0.2) is 0 Å². The third-order valence-corrected chi connectivity index (χ3v) is 11.0. The highest BCUT2D eigenvalue weighted by atomic mass is 35.5. The molecule has 5 amide bonds. The van der Waals surface area contributed by atoms with E-state index in [9.17, 15) is 37.1 Å². The van der Waals surface area contributed by atoms with Gasteiger partial charge in [0.2, 0.25) is 11.8 Å². The lowest BCUT2D eigenvalue weighted by Gasteiger charge is -2.51. The molecule has 2 aromatic carbocycles. The van der Waals surface area contributed by atoms with Crippen LogP contribution >= 0.6 is 11.6 Å². The average molecular weight is 734 g/mol. The highest BCUT2D eigenvalue weighted by Gasteiger charge is 2.48. The van der Waals surface area contributed by atoms with Gasteiger partial charge in [-0.15, -0.1) is 0 Å². The summed E-state index contributed by atoms with van der Waals surface area (Å²) in [6.07, 6.45) is 0.769. The van der Waals surface area contributed by atoms with Crippen LogP contribution in [0.2, 0.25) is 5.02 Å². The number of likely N-dealkylation sites (tertiary alicyclic amines) is 1. The Morgan fingerprint density at radius 2 is 1.75 bits per heavy atom. The summed E-state index contributed by atoms with van der Waals surface area (Å²) in [6.45, 7) is 3.06. The summed E-state index contributed by atoms with van der Waals surface area (Å²) >= 11 is 6.07. The number of piperidine rings is 1. The molecule has 2 N–H and O–H groups in total. The zero-order valence-corrected chi connectivity index (χ0v) is 28.3. The van der Waals surface area contributed by atoms with Crippen LogP contribution < -0.4 is 15.5 Å². The highest BCUT2D eigenvalue weighted by molar-refractivity contribution is 6.33. The second kappa shape index (κ2) is 12.5. The van der Waals surface area contributed by atoms with Crippen molar-refractivity contribution in [2.75, 3.05) is 36.4 Å². The predicted octanol–water partition coefficient (Wildman–Crippen LogP) is 3.65. The fraction of sp³-hybridized carbons (Fsp3) is 0.389. The van der Waals surface area contributed by atoms with Crippen molar-refractivity contribution < 1.29 is 37.1 Å². The number of amides is 5. The topological polar surface area (TPSA) is 137 Å². The fourth-order valence-corrected chi connectivity index (χ4v) is 7.59. The zero-order valence-electron chi connectivity index (χ0n) is 27.5. The molecule has 4 fully saturated rings. The molecule has 3 aromatic rings. The third-order valence-electron chi connectivity index (χ3n) is 10.7. The maximum atomic E-state index is 13.3. The van der Waals surface area contributed by atoms with E-state index in [1.165, 1.54) is 0 Å². The average Bonchev–Trinajstić information content (AvgIpc) is 3.59. The minimum absolute atomic E-state index is 0.0638. The Bertz CT molecular complexity index is 2110. The van der Waals surface area contributed by atoms with E-state index in [0.29, 0.717) is 24.4 Å². The summed E-state index contributed by atoms with van der Waals surface area (Å²) in [7, 11) is 0. The van der Waals surface area contributed by atoms with Crippen molar-refractivity contribution in [1.29, 1.82) is 0 Å². The van der Waals surface area contributed by atoms with Crippen LogP contribution in [0.15, 0.2) is 48.8 Å². The molecule has 5 aliphatic rings. The van der Waals surface area contributed by atoms with Crippen molar-refractivity contribution in [3.63, 3.8) is 0 Å². The van der Waals surface area contributed by atoms with Crippen LogP contribution in [0.5, 0.6) is 0 Å². The van der Waals surface area contributed by atoms with Crippen LogP contribution in [0.1, 0.15) is 63.9 Å². The Hall–Kier alpha value is -5.20. The first-order valence-electron chi connectivity index (χ1n) is 16.9. The predicted molar refractivity (Wildman–Crippen MR) is 180 cm³/mol. The quantitative estimate of drug-likeness (QED) is 0.290. The first-order chi connectivity index (χ1) is 24.8. The summed E-state index contributed by atoms with van der Waals surface area (Å²) in [4.78, 5) is 68.9. The number of anilines is 2. The van der Waals surface area contributed by atoms with Gasteiger partial charge in [0.1, 0.15) is 11.6 Å². The van der Waals surface area contributed by atoms with Gasteiger partial charge in [-0.2, -0.15) is 18.3 Å². The van der Waals surface area contributed by atoms with Crippen LogP contribution in [-0.2, 0) is 26.1 Å². The van der Waals surface area contributed by atoms with Crippen molar-refractivity contribution in [2.24, 2.45) is 5.92 Å². The summed E-state index contributed by atoms with van der Waals surface area (Å²) in [5, 5.41) is 9.10. The number of benzene rings is 2. The van der Waals surface area contributed by atoms with E-state index in [1.54, 1.807) is 35.3 Å². The number of alkyl halides is 3. The van der Waals surface area contributed by atoms with Crippen LogP contribution in [0.25, 0.3) is 0 Å². The number of rotatable bonds is 6. The molecule has 8 rings (SSSR count). The number of hydrogen-bond donors (Lipinski definition) is 2. The summed E-state index contributed by atoms with van der Waals surface area (Å²) in [5.74, 6) is 4.09. The van der Waals surface area contributed by atoms with Gasteiger partial charge in [-0.1, -0.05) is 23.4 Å². The van der Waals surface area contributed by atoms with E-state index < -0.39 is 52.9 Å². The number of imide groups is 2. The lowest BCUT2D eigenvalue weighted by atomic mass is 9.76. The zero-order chi connectivity index (χ0) is 36.5. The van der Waals surface area contributed by atoms with Crippen LogP contribution in [0, 0.1) is 17.8 Å². The monoisotopic (exact) mass is 733 g/mol. The standard InChI is InChI=1S/C36H31ClF3N7O5/c37-27-12-22(36(38,39)40)4-7-28(27)42-34(52)35(10-1-11-35)46-17-20(14-41-46)2-3-21-15-44(16-21)24-18-45(19-24)23-5-6-25-26(13-23)33(51)47(32(25)50)29-8-9-30(48)43-31(29)49/h4-7,12-14,17,21,24,29H,1,8-11,15-16,18-19H2,(H,42,52)(H,43,48,49). The van der Waals surface area contributed by atoms with Crippen molar-refractivity contribution in [1.82, 2.24) is 24.9 Å². The minimum Gasteiger partial charge on any atom is -0.368 e. The maximum Gasteiger partial charge on any atom is 0.416 e. The lowest BCUT2D eigenvalue weighted by molar-refractivity contribution is -0.138. The molecule has 52 heavy (non-hydrogen) atoms. The summed E-state index contributed by atoms with van der Waals surface area (Å²) in [6, 6.07) is 7.24. The van der Waals surface area contributed by atoms with Gasteiger partial charge in [0, 0.05) is 56.4 Å². The summed E-state index contributed by atoms with van der Waals surface area (Å²) in [5.41, 5.74) is 0.189. The molecular weight excluding hydrogens is 703 g/mol. The van der Waals surface area contributed by atoms with E-state index >= 15 is 0 Å². The molecule has 0 radical (unpaired) electrons. The molecule has 1 aromatic heterocycles. The van der Waals surface area contributed by atoms with Gasteiger partial charge in [0.15, 0.2) is 0 Å². The van der Waals surface area contributed by atoms with Crippen molar-refractivity contribution >= 4 is 52.5 Å². The van der Waals surface area contributed by atoms with Crippen LogP contribution in [-0.4, -0.2) is 87.4 Å². The Morgan fingerprint density at radius 1 is 1.00 bits per heavy atom. The molecular formula is C36H31ClF3N7O5. The Kier molecular flexibility index (Phi) is 8.14. The highest BCUT2D eigenvalue weighted by Crippen LogP contribution is 2.41. The molecule has 0 spiro atoms. The van der Waals surface area contributed by atoms with Crippen molar-refractivity contribution in [3.05, 3.63) is 76.1 Å². The molecule has 1 aliphatic carbocycles. The Labute approximate surface area is 300 Å². The molecule has 4 aliphatic heterocycles. The van der Waals surface area contributed by atoms with Gasteiger partial charge in [-0.05, 0) is 62.1 Å². The summed E-state index contributed by atoms with van der Waals surface area (Å²) < 4.78 is 40.7. The molecule has 5 heterocycles. The first kappa shape index (κ1) is 33.9. The Balaban J connectivity index is 0.840. The van der Waals surface area contributed by atoms with Crippen molar-refractivity contribution in [2.45, 2.75) is 55.9 Å². The fourth-order valence-electron chi connectivity index (χ4n) is 7.37. The van der Waals surface area contributed by atoms with E-state index in [2.05, 4.69) is 37.4 Å². The van der Waals surface area contributed by atoms with Gasteiger partial charge >= 0.3 is 6.18 Å². The van der Waals surface area contributed by atoms with Gasteiger partial charge in [0.05, 0.1) is 39.2 Å². The van der Waals surface area contributed by atoms with Crippen LogP contribution in [0.3, 0.4) is 0 Å². The van der Waals surface area contributed by atoms with Crippen LogP contribution in [0.4, 0.5) is 24.5 Å². The van der Waals surface area contributed by atoms with Gasteiger partial charge in [0.25, 0.3) is 17.7 Å². The van der Waals surface area contributed by atoms with Gasteiger partial charge in [-0.3, -0.25) is 43.8 Å². The number of nitrogens with one attached hydrogen (secondary N) is 2. The van der Waals surface area contributed by atoms with E-state index in [-0.39, 0.29) is 40.6 Å². The maximum absolute atomic E-state index is 13.3. The molecule has 1 saturated carbocycles. The smallest absolute Gasteiger partial charge is 0.368 e. The minimum atomic E-state index is -4.55. The third kappa shape index (κ3) is 5.79. The number of nitrogens with zero attached hydrogens (tertiary/aromatic N) is 5. The molecule has 12 nitrogen and oxygen atoms in total. The Morgan fingerprint density at radius 3 is 2.42 bits per heavy atom. The number of carbonyl (C=O) groups excluding carboxylic acids is 5. The normalized spacial score (nSPS) is 21.8. The van der Waals surface area contributed by atoms with E-state index in [1.807, 2.05) is 0 Å². The SMILES string of the molecule is O=C1CCC(N2C(=O)c3ccc(N4CC(N5CC(C#Cc6cnn(C7(C(=O)Nc8ccc(C(F)(F)F)cc8Cl)CCC7)c6)C5)C4)cc3C2=O)C(=O)N1. The second-order valence-electron chi connectivity index (χ2n) is 13.9. The first-order valence-corrected chi connectivity index (χ1v) is 17.3. The molecule has 3 saturated heterocycles. The number of fused-ring (bicyclic) bond motifs is 1. The lowest BCUT2D eigenvalue weighted by Crippen LogP contribution is -2.65.